The highest BCUT2D eigenvalue weighted by atomic mass is 15.0. The monoisotopic (exact) mass is 365 g/mol. The highest BCUT2D eigenvalue weighted by molar-refractivity contribution is 5.96. The summed E-state index contributed by atoms with van der Waals surface area (Å²) in [5, 5.41) is 2.66. The van der Waals surface area contributed by atoms with Gasteiger partial charge in [0.05, 0.1) is 0 Å². The second kappa shape index (κ2) is 6.83. The summed E-state index contributed by atoms with van der Waals surface area (Å²) in [7, 11) is 0. The minimum absolute atomic E-state index is 0.742. The lowest BCUT2D eigenvalue weighted by molar-refractivity contribution is 0.780. The summed E-state index contributed by atoms with van der Waals surface area (Å²) >= 11 is 0. The third-order valence-corrected chi connectivity index (χ3v) is 5.69. The van der Waals surface area contributed by atoms with Gasteiger partial charge in [-0.2, -0.15) is 0 Å². The van der Waals surface area contributed by atoms with Crippen molar-refractivity contribution >= 4 is 10.8 Å². The van der Waals surface area contributed by atoms with Gasteiger partial charge >= 0.3 is 0 Å². The molecule has 1 aromatic heterocycles. The number of hydrogen-bond donors (Lipinski definition) is 0. The van der Waals surface area contributed by atoms with Crippen LogP contribution >= 0.6 is 0 Å². The van der Waals surface area contributed by atoms with Gasteiger partial charge in [-0.05, 0) is 45.0 Å². The van der Waals surface area contributed by atoms with Gasteiger partial charge in [0.15, 0.2) is 0 Å². The van der Waals surface area contributed by atoms with E-state index < -0.39 is 0 Å². The predicted molar refractivity (Wildman–Crippen MR) is 114 cm³/mol. The van der Waals surface area contributed by atoms with Crippen LogP contribution in [0.4, 0.5) is 0 Å². The Morgan fingerprint density at radius 1 is 0.679 bits per heavy atom. The van der Waals surface area contributed by atoms with E-state index in [9.17, 15) is 0 Å². The zero-order chi connectivity index (χ0) is 19.1. The van der Waals surface area contributed by atoms with Gasteiger partial charge in [0, 0.05) is 19.3 Å². The van der Waals surface area contributed by atoms with Gasteiger partial charge in [-0.1, -0.05) is 68.4 Å². The van der Waals surface area contributed by atoms with Gasteiger partial charge in [-0.25, -0.2) is 15.0 Å². The average molecular weight is 365 g/mol. The topological polar surface area (TPSA) is 38.7 Å². The van der Waals surface area contributed by atoms with Gasteiger partial charge in [-0.15, -0.1) is 0 Å². The Balaban J connectivity index is 1.60. The molecule has 138 valence electrons. The molecule has 1 aliphatic carbocycles. The van der Waals surface area contributed by atoms with E-state index in [-0.39, 0.29) is 0 Å². The summed E-state index contributed by atoms with van der Waals surface area (Å²) in [6.07, 6.45) is 3.43. The summed E-state index contributed by atoms with van der Waals surface area (Å²) in [6, 6.07) is 19.9. The lowest BCUT2D eigenvalue weighted by Gasteiger charge is -2.11. The van der Waals surface area contributed by atoms with E-state index in [1.807, 2.05) is 0 Å². The molecule has 0 N–H and O–H groups in total. The van der Waals surface area contributed by atoms with Crippen molar-refractivity contribution in [2.45, 2.75) is 39.5 Å². The maximum Gasteiger partial charge on any atom is 0.137 e. The van der Waals surface area contributed by atoms with Crippen LogP contribution in [-0.2, 0) is 25.7 Å². The van der Waals surface area contributed by atoms with E-state index in [0.717, 1.165) is 43.2 Å². The maximum absolute atomic E-state index is 4.68. The fraction of sp³-hybridized carbons (Fsp3) is 0.240. The van der Waals surface area contributed by atoms with Crippen molar-refractivity contribution in [1.82, 2.24) is 15.0 Å². The molecule has 0 fully saturated rings. The van der Waals surface area contributed by atoms with Crippen molar-refractivity contribution in [1.29, 1.82) is 0 Å². The molecule has 0 saturated carbocycles. The molecule has 0 atom stereocenters. The third-order valence-electron chi connectivity index (χ3n) is 5.69. The molecule has 0 unspecified atom stereocenters. The molecule has 3 nitrogen and oxygen atoms in total. The highest BCUT2D eigenvalue weighted by Crippen LogP contribution is 2.40. The Hall–Kier alpha value is -3.07. The molecule has 0 spiro atoms. The Bertz CT molecular complexity index is 1170. The molecule has 0 saturated heterocycles. The Kier molecular flexibility index (Phi) is 4.16. The Morgan fingerprint density at radius 2 is 1.43 bits per heavy atom. The zero-order valence-corrected chi connectivity index (χ0v) is 16.4. The summed E-state index contributed by atoms with van der Waals surface area (Å²) < 4.78 is 0. The van der Waals surface area contributed by atoms with Gasteiger partial charge in [0.2, 0.25) is 0 Å². The molecule has 1 heterocycles. The quantitative estimate of drug-likeness (QED) is 0.433. The molecule has 0 radical (unpaired) electrons. The lowest BCUT2D eigenvalue weighted by atomic mass is 9.95. The normalized spacial score (nSPS) is 12.2. The Labute approximate surface area is 165 Å². The first-order valence-corrected chi connectivity index (χ1v) is 10.1. The van der Waals surface area contributed by atoms with E-state index in [1.165, 1.54) is 38.6 Å². The molecular formula is C25H23N3. The zero-order valence-electron chi connectivity index (χ0n) is 16.4. The molecule has 0 amide bonds. The summed E-state index contributed by atoms with van der Waals surface area (Å²) in [4.78, 5) is 13.9. The molecule has 28 heavy (non-hydrogen) atoms. The maximum atomic E-state index is 4.68. The first-order valence-electron chi connectivity index (χ1n) is 10.1. The van der Waals surface area contributed by atoms with Crippen LogP contribution in [0.5, 0.6) is 0 Å². The van der Waals surface area contributed by atoms with Crippen molar-refractivity contribution in [3.8, 4) is 11.1 Å². The number of fused-ring (bicyclic) bond motifs is 5. The average Bonchev–Trinajstić information content (AvgIpc) is 3.13. The predicted octanol–water partition coefficient (Wildman–Crippen LogP) is 5.31. The van der Waals surface area contributed by atoms with Crippen LogP contribution < -0.4 is 0 Å². The number of hydrogen-bond acceptors (Lipinski definition) is 3. The van der Waals surface area contributed by atoms with Crippen molar-refractivity contribution in [3.63, 3.8) is 0 Å². The van der Waals surface area contributed by atoms with Crippen LogP contribution in [-0.4, -0.2) is 15.0 Å². The van der Waals surface area contributed by atoms with E-state index in [4.69, 9.17) is 0 Å². The highest BCUT2D eigenvalue weighted by Gasteiger charge is 2.20. The second-order valence-electron chi connectivity index (χ2n) is 7.41. The van der Waals surface area contributed by atoms with Crippen LogP contribution in [0, 0.1) is 0 Å². The molecule has 4 aromatic rings. The van der Waals surface area contributed by atoms with Crippen LogP contribution in [0.25, 0.3) is 21.9 Å². The van der Waals surface area contributed by atoms with E-state index in [2.05, 4.69) is 83.4 Å². The molecular weight excluding hydrogens is 342 g/mol. The van der Waals surface area contributed by atoms with Crippen molar-refractivity contribution in [2.24, 2.45) is 0 Å². The summed E-state index contributed by atoms with van der Waals surface area (Å²) in [6.45, 7) is 4.19. The molecule has 5 rings (SSSR count). The first kappa shape index (κ1) is 17.1. The van der Waals surface area contributed by atoms with Crippen LogP contribution in [0.15, 0.2) is 54.6 Å². The van der Waals surface area contributed by atoms with E-state index in [1.54, 1.807) is 0 Å². The first-order chi connectivity index (χ1) is 13.8. The second-order valence-corrected chi connectivity index (χ2v) is 7.41. The largest absolute Gasteiger partial charge is 0.218 e. The molecule has 3 aromatic carbocycles. The number of nitrogens with zero attached hydrogens (tertiary/aromatic N) is 3. The van der Waals surface area contributed by atoms with Gasteiger partial charge < -0.3 is 0 Å². The SMILES string of the molecule is CCc1nc(CC)nc(Cc2cccc3c4c(ccc23)-c2ccccc2C4)n1. The summed E-state index contributed by atoms with van der Waals surface area (Å²) in [5.74, 6) is 2.65. The smallest absolute Gasteiger partial charge is 0.137 e. The fourth-order valence-electron chi connectivity index (χ4n) is 4.30. The minimum Gasteiger partial charge on any atom is -0.218 e. The van der Waals surface area contributed by atoms with Gasteiger partial charge in [-0.3, -0.25) is 0 Å². The minimum atomic E-state index is 0.742. The number of aryl methyl sites for hydroxylation is 2. The lowest BCUT2D eigenvalue weighted by Crippen LogP contribution is -2.07. The molecule has 0 aliphatic heterocycles. The van der Waals surface area contributed by atoms with E-state index >= 15 is 0 Å². The van der Waals surface area contributed by atoms with Gasteiger partial charge in [0.25, 0.3) is 0 Å². The van der Waals surface area contributed by atoms with Crippen LogP contribution in [0.3, 0.4) is 0 Å². The fourth-order valence-corrected chi connectivity index (χ4v) is 4.30. The molecule has 3 heteroatoms. The van der Waals surface area contributed by atoms with Crippen molar-refractivity contribution < 1.29 is 0 Å². The molecule has 0 bridgehead atoms. The van der Waals surface area contributed by atoms with Crippen molar-refractivity contribution in [2.75, 3.05) is 0 Å². The van der Waals surface area contributed by atoms with Gasteiger partial charge in [0.1, 0.15) is 17.5 Å². The number of benzene rings is 3. The number of rotatable bonds is 4. The summed E-state index contributed by atoms with van der Waals surface area (Å²) in [5.41, 5.74) is 6.91. The van der Waals surface area contributed by atoms with Crippen LogP contribution in [0.2, 0.25) is 0 Å². The number of aromatic nitrogens is 3. The van der Waals surface area contributed by atoms with Crippen molar-refractivity contribution in [3.05, 3.63) is 88.8 Å². The Morgan fingerprint density at radius 3 is 2.21 bits per heavy atom. The standard InChI is InChI=1S/C25H23N3/c1-3-23-26-24(4-2)28-25(27-23)15-17-9-7-11-20-19(17)12-13-21-18-10-6-5-8-16(18)14-22(20)21/h5-13H,3-4,14-15H2,1-2H3. The third kappa shape index (κ3) is 2.78. The molecule has 1 aliphatic rings. The van der Waals surface area contributed by atoms with E-state index in [0.29, 0.717) is 0 Å². The van der Waals surface area contributed by atoms with Crippen LogP contribution in [0.1, 0.15) is 48.0 Å².